The van der Waals surface area contributed by atoms with Crippen LogP contribution in [0.2, 0.25) is 0 Å². The Labute approximate surface area is 92.2 Å². The number of carbonyl (C=O) groups excluding carboxylic acids is 1. The number of hydrogen-bond donors (Lipinski definition) is 3. The van der Waals surface area contributed by atoms with Gasteiger partial charge in [0.25, 0.3) is 5.91 Å². The predicted octanol–water partition coefficient (Wildman–Crippen LogP) is 0.0338. The smallest absolute Gasteiger partial charge is 0.326 e. The van der Waals surface area contributed by atoms with E-state index in [1.54, 1.807) is 20.8 Å². The summed E-state index contributed by atoms with van der Waals surface area (Å²) in [5.41, 5.74) is -0.513. The van der Waals surface area contributed by atoms with E-state index in [0.29, 0.717) is 0 Å². The molecule has 0 aliphatic heterocycles. The largest absolute Gasteiger partial charge is 0.480 e. The first-order valence-corrected chi connectivity index (χ1v) is 4.72. The summed E-state index contributed by atoms with van der Waals surface area (Å²) in [6.07, 6.45) is 1.23. The van der Waals surface area contributed by atoms with Gasteiger partial charge in [0, 0.05) is 0 Å². The summed E-state index contributed by atoms with van der Waals surface area (Å²) in [6, 6.07) is -0.975. The number of rotatable bonds is 3. The van der Waals surface area contributed by atoms with Gasteiger partial charge in [0.15, 0.2) is 5.69 Å². The van der Waals surface area contributed by atoms with E-state index in [1.165, 1.54) is 6.20 Å². The quantitative estimate of drug-likeness (QED) is 0.674. The number of nitrogens with one attached hydrogen (secondary N) is 2. The van der Waals surface area contributed by atoms with Crippen LogP contribution in [0.5, 0.6) is 0 Å². The van der Waals surface area contributed by atoms with Gasteiger partial charge in [0.05, 0.1) is 6.20 Å². The van der Waals surface area contributed by atoms with Crippen molar-refractivity contribution in [2.75, 3.05) is 0 Å². The van der Waals surface area contributed by atoms with Crippen molar-refractivity contribution in [3.8, 4) is 0 Å². The van der Waals surface area contributed by atoms with Crippen LogP contribution in [0.1, 0.15) is 31.3 Å². The van der Waals surface area contributed by atoms with Gasteiger partial charge in [-0.3, -0.25) is 4.79 Å². The molecule has 1 atom stereocenters. The van der Waals surface area contributed by atoms with Gasteiger partial charge in [-0.2, -0.15) is 15.4 Å². The lowest BCUT2D eigenvalue weighted by Crippen LogP contribution is -2.49. The number of H-pyrrole nitrogens is 1. The van der Waals surface area contributed by atoms with E-state index in [1.807, 2.05) is 0 Å². The maximum Gasteiger partial charge on any atom is 0.326 e. The molecule has 1 rings (SSSR count). The highest BCUT2D eigenvalue weighted by Crippen LogP contribution is 2.19. The molecule has 7 heteroatoms. The van der Waals surface area contributed by atoms with Gasteiger partial charge in [-0.25, -0.2) is 4.79 Å². The molecule has 0 unspecified atom stereocenters. The minimum absolute atomic E-state index is 0.0653. The van der Waals surface area contributed by atoms with E-state index >= 15 is 0 Å². The zero-order valence-electron chi connectivity index (χ0n) is 9.31. The maximum absolute atomic E-state index is 11.6. The number of aromatic amines is 1. The summed E-state index contributed by atoms with van der Waals surface area (Å²) in [6.45, 7) is 5.19. The molecule has 1 aromatic heterocycles. The van der Waals surface area contributed by atoms with E-state index in [9.17, 15) is 9.59 Å². The Balaban J connectivity index is 2.78. The Hall–Kier alpha value is -1.92. The predicted molar refractivity (Wildman–Crippen MR) is 54.7 cm³/mol. The van der Waals surface area contributed by atoms with E-state index in [-0.39, 0.29) is 5.69 Å². The van der Waals surface area contributed by atoms with Crippen molar-refractivity contribution in [3.63, 3.8) is 0 Å². The zero-order valence-corrected chi connectivity index (χ0v) is 9.31. The van der Waals surface area contributed by atoms with Crippen molar-refractivity contribution in [1.29, 1.82) is 0 Å². The lowest BCUT2D eigenvalue weighted by Gasteiger charge is -2.27. The first-order valence-electron chi connectivity index (χ1n) is 4.72. The molecule has 7 nitrogen and oxygen atoms in total. The lowest BCUT2D eigenvalue weighted by molar-refractivity contribution is -0.142. The Bertz CT molecular complexity index is 380. The Morgan fingerprint density at radius 2 is 2.12 bits per heavy atom. The molecule has 16 heavy (non-hydrogen) atoms. The molecule has 0 spiro atoms. The molecule has 88 valence electrons. The molecule has 0 bridgehead atoms. The second-order valence-electron chi connectivity index (χ2n) is 4.47. The van der Waals surface area contributed by atoms with E-state index in [4.69, 9.17) is 5.11 Å². The lowest BCUT2D eigenvalue weighted by atomic mass is 9.87. The first kappa shape index (κ1) is 12.2. The molecule has 0 saturated carbocycles. The summed E-state index contributed by atoms with van der Waals surface area (Å²) in [5, 5.41) is 20.7. The van der Waals surface area contributed by atoms with Gasteiger partial charge in [0.2, 0.25) is 0 Å². The highest BCUT2D eigenvalue weighted by molar-refractivity contribution is 5.94. The highest BCUT2D eigenvalue weighted by Gasteiger charge is 2.33. The number of carboxylic acid groups (broad SMARTS) is 1. The van der Waals surface area contributed by atoms with E-state index in [0.717, 1.165) is 0 Å². The van der Waals surface area contributed by atoms with Crippen molar-refractivity contribution < 1.29 is 14.7 Å². The molecular formula is C9H14N4O3. The third-order valence-corrected chi connectivity index (χ3v) is 2.04. The Morgan fingerprint density at radius 3 is 2.50 bits per heavy atom. The number of hydrogen-bond acceptors (Lipinski definition) is 4. The van der Waals surface area contributed by atoms with Crippen LogP contribution in [0, 0.1) is 5.41 Å². The van der Waals surface area contributed by atoms with Gasteiger partial charge in [-0.15, -0.1) is 0 Å². The Morgan fingerprint density at radius 1 is 1.50 bits per heavy atom. The summed E-state index contributed by atoms with van der Waals surface area (Å²) in [5.74, 6) is -1.64. The molecule has 0 radical (unpaired) electrons. The Kier molecular flexibility index (Phi) is 3.26. The minimum Gasteiger partial charge on any atom is -0.480 e. The fraction of sp³-hybridized carbons (Fsp3) is 0.556. The summed E-state index contributed by atoms with van der Waals surface area (Å²) < 4.78 is 0. The average molecular weight is 226 g/mol. The van der Waals surface area contributed by atoms with Crippen molar-refractivity contribution in [1.82, 2.24) is 20.7 Å². The van der Waals surface area contributed by atoms with Gasteiger partial charge >= 0.3 is 5.97 Å². The van der Waals surface area contributed by atoms with Gasteiger partial charge in [0.1, 0.15) is 6.04 Å². The summed E-state index contributed by atoms with van der Waals surface area (Å²) >= 11 is 0. The van der Waals surface area contributed by atoms with Crippen LogP contribution in [-0.4, -0.2) is 38.4 Å². The number of amides is 1. The zero-order chi connectivity index (χ0) is 12.3. The molecule has 1 amide bonds. The normalized spacial score (nSPS) is 13.2. The van der Waals surface area contributed by atoms with Crippen LogP contribution in [0.15, 0.2) is 6.20 Å². The summed E-state index contributed by atoms with van der Waals surface area (Å²) in [7, 11) is 0. The van der Waals surface area contributed by atoms with Crippen LogP contribution in [0.4, 0.5) is 0 Å². The van der Waals surface area contributed by atoms with Crippen molar-refractivity contribution >= 4 is 11.9 Å². The van der Waals surface area contributed by atoms with Gasteiger partial charge in [-0.1, -0.05) is 20.8 Å². The van der Waals surface area contributed by atoms with Gasteiger partial charge in [-0.05, 0) is 5.41 Å². The second-order valence-corrected chi connectivity index (χ2v) is 4.47. The SMILES string of the molecule is CC(C)(C)[C@@H](NC(=O)c1cn[nH]n1)C(=O)O. The first-order chi connectivity index (χ1) is 7.32. The number of carbonyl (C=O) groups is 2. The summed E-state index contributed by atoms with van der Waals surface area (Å²) in [4.78, 5) is 22.6. The molecule has 0 aliphatic carbocycles. The molecule has 1 aromatic rings. The minimum atomic E-state index is -1.08. The fourth-order valence-electron chi connectivity index (χ4n) is 1.16. The van der Waals surface area contributed by atoms with Crippen LogP contribution in [0.25, 0.3) is 0 Å². The second kappa shape index (κ2) is 4.30. The molecule has 3 N–H and O–H groups in total. The van der Waals surface area contributed by atoms with Gasteiger partial charge < -0.3 is 10.4 Å². The molecule has 0 fully saturated rings. The number of carboxylic acids is 1. The standard InChI is InChI=1S/C9H14N4O3/c1-9(2,3)6(8(15)16)11-7(14)5-4-10-13-12-5/h4,6H,1-3H3,(H,11,14)(H,15,16)(H,10,12,13)/t6-/m0/s1. The topological polar surface area (TPSA) is 108 Å². The molecule has 0 saturated heterocycles. The van der Waals surface area contributed by atoms with E-state index < -0.39 is 23.3 Å². The van der Waals surface area contributed by atoms with Crippen LogP contribution < -0.4 is 5.32 Å². The highest BCUT2D eigenvalue weighted by atomic mass is 16.4. The van der Waals surface area contributed by atoms with Crippen molar-refractivity contribution in [2.24, 2.45) is 5.41 Å². The number of nitrogens with zero attached hydrogens (tertiary/aromatic N) is 2. The number of aromatic nitrogens is 3. The number of aliphatic carboxylic acids is 1. The van der Waals surface area contributed by atoms with Crippen LogP contribution in [-0.2, 0) is 4.79 Å². The molecule has 0 aromatic carbocycles. The third-order valence-electron chi connectivity index (χ3n) is 2.04. The maximum atomic E-state index is 11.6. The van der Waals surface area contributed by atoms with Crippen molar-refractivity contribution in [2.45, 2.75) is 26.8 Å². The molecule has 0 aliphatic rings. The van der Waals surface area contributed by atoms with Crippen LogP contribution in [0.3, 0.4) is 0 Å². The van der Waals surface area contributed by atoms with Crippen molar-refractivity contribution in [3.05, 3.63) is 11.9 Å². The third kappa shape index (κ3) is 2.78. The average Bonchev–Trinajstić information content (AvgIpc) is 2.63. The monoisotopic (exact) mass is 226 g/mol. The van der Waals surface area contributed by atoms with Crippen LogP contribution >= 0.6 is 0 Å². The molecular weight excluding hydrogens is 212 g/mol. The fourth-order valence-corrected chi connectivity index (χ4v) is 1.16. The molecule has 1 heterocycles. The van der Waals surface area contributed by atoms with E-state index in [2.05, 4.69) is 20.7 Å².